The Hall–Kier alpha value is -3.41. The predicted molar refractivity (Wildman–Crippen MR) is 326 cm³/mol. The number of fused-ring (bicyclic) bond motifs is 5. The molecule has 14 N–H and O–H groups in total. The third kappa shape index (κ3) is 17.4. The molecule has 4 saturated heterocycles. The molecule has 8 aliphatic rings. The average Bonchev–Trinajstić information content (AvgIpc) is 1.39. The first-order valence-corrected chi connectivity index (χ1v) is 34.2. The quantitative estimate of drug-likeness (QED) is 0.0410. The average molecular weight is 1350 g/mol. The fourth-order valence-corrected chi connectivity index (χ4v) is 17.1. The number of carbonyl (C=O) groups excluding carboxylic acids is 5. The van der Waals surface area contributed by atoms with Crippen LogP contribution in [-0.4, -0.2) is 260 Å². The fourth-order valence-electron chi connectivity index (χ4n) is 17.1. The standard InChI is InChI=1S/C65H109N3O26/c1-9-23-85-59(84)40(68-45(74)17-18-46(75)88-35-19-21-64(7)34(24-35)13-14-36-38-16-15-37(31(4)12-10-11-30(2)3)65(38,8)22-20-39(36)64)28-86-61-48(67-33(6)73)58(94-63-56(83)54(81)50(77)42(26-70)90-63)51(78)44(92-61)29-87-60-47(66-32(5)72)52(79)57(43(27-71)91-60)93-62-55(82)53(80)49(76)41(25-69)89-62/h30-31,34-44,47-58,60-63,69-71,76-83H,9-29H2,1-8H3,(H,66,72)(H,67,73)(H,68,74)/t31-,34+,35+,36+,37-,38+,39+,40+,41-,42-,43-,44-,47-,48-,49+,50+,51+,52-,53+,54+,55-,56-,57-,58-,60-,61+,62+,63+,64+,65-/m1/s1. The molecule has 0 radical (unpaired) electrons. The summed E-state index contributed by atoms with van der Waals surface area (Å²) in [4.78, 5) is 66.9. The van der Waals surface area contributed by atoms with E-state index in [0.717, 1.165) is 63.2 Å². The Morgan fingerprint density at radius 2 is 1.16 bits per heavy atom. The summed E-state index contributed by atoms with van der Waals surface area (Å²) in [6.45, 7) is 11.8. The molecular formula is C65H109N3O26. The Labute approximate surface area is 549 Å². The van der Waals surface area contributed by atoms with Crippen LogP contribution in [0.5, 0.6) is 0 Å². The molecule has 0 aromatic heterocycles. The van der Waals surface area contributed by atoms with Crippen molar-refractivity contribution < 1.29 is 128 Å². The number of hydrogen-bond donors (Lipinski definition) is 14. The second kappa shape index (κ2) is 33.6. The maximum absolute atomic E-state index is 13.8. The van der Waals surface area contributed by atoms with E-state index in [2.05, 4.69) is 50.6 Å². The number of aliphatic hydroxyl groups excluding tert-OH is 11. The molecule has 94 heavy (non-hydrogen) atoms. The van der Waals surface area contributed by atoms with Crippen LogP contribution in [0, 0.1) is 52.3 Å². The summed E-state index contributed by atoms with van der Waals surface area (Å²) in [6, 6.07) is -4.86. The third-order valence-corrected chi connectivity index (χ3v) is 22.1. The summed E-state index contributed by atoms with van der Waals surface area (Å²) in [6.07, 6.45) is -19.4. The van der Waals surface area contributed by atoms with Gasteiger partial charge in [-0.3, -0.25) is 19.2 Å². The first-order valence-electron chi connectivity index (χ1n) is 34.2. The molecule has 4 aliphatic carbocycles. The number of rotatable bonds is 28. The van der Waals surface area contributed by atoms with Gasteiger partial charge in [0.1, 0.15) is 104 Å². The van der Waals surface area contributed by atoms with E-state index in [9.17, 15) is 80.1 Å². The van der Waals surface area contributed by atoms with E-state index in [1.165, 1.54) is 51.4 Å². The molecule has 30 atom stereocenters. The van der Waals surface area contributed by atoms with Crippen molar-refractivity contribution in [3.8, 4) is 0 Å². The number of nitrogens with one attached hydrogen (secondary N) is 3. The highest BCUT2D eigenvalue weighted by atomic mass is 16.8. The van der Waals surface area contributed by atoms with Crippen molar-refractivity contribution in [3.63, 3.8) is 0 Å². The number of amides is 3. The number of carbonyl (C=O) groups is 5. The lowest BCUT2D eigenvalue weighted by atomic mass is 9.44. The molecule has 0 aromatic carbocycles. The lowest BCUT2D eigenvalue weighted by molar-refractivity contribution is -0.357. The Kier molecular flexibility index (Phi) is 27.3. The lowest BCUT2D eigenvalue weighted by Crippen LogP contribution is -2.69. The SMILES string of the molecule is CCCOC(=O)[C@H](CO[C@H]1O[C@H](CO[C@@H]2O[C@H](CO)[C@@H](O[C@@H]3O[C@H](CO)[C@H](O)[C@H](O)[C@H]3O)[C@H](O)[C@H]2NC(C)=O)[C@H](O)[C@H](O[C@@H]2O[C@H](CO)[C@H](O)[C@H](O)[C@H]2O)[C@H]1NC(C)=O)NC(=O)CCC(=O)O[C@H]1CC[C@@]2(C)[C@@H](CC[C@@H]3[C@@H]2CC[C@]2(C)[C@@H]([C@H](C)CCCC(C)C)CC[C@@H]32)C1. The third-order valence-electron chi connectivity index (χ3n) is 22.1. The molecule has 29 nitrogen and oxygen atoms in total. The summed E-state index contributed by atoms with van der Waals surface area (Å²) in [5.74, 6) is 0.900. The Balaban J connectivity index is 0.930. The van der Waals surface area contributed by atoms with Gasteiger partial charge in [0.2, 0.25) is 17.7 Å². The Morgan fingerprint density at radius 1 is 0.585 bits per heavy atom. The summed E-state index contributed by atoms with van der Waals surface area (Å²) < 4.78 is 59.0. The van der Waals surface area contributed by atoms with Gasteiger partial charge < -0.3 is 119 Å². The topological polar surface area (TPSA) is 436 Å². The van der Waals surface area contributed by atoms with Crippen molar-refractivity contribution >= 4 is 29.7 Å². The van der Waals surface area contributed by atoms with Crippen LogP contribution in [0.3, 0.4) is 0 Å². The van der Waals surface area contributed by atoms with Crippen molar-refractivity contribution in [2.75, 3.05) is 39.6 Å². The molecular weight excluding hydrogens is 1240 g/mol. The molecule has 0 spiro atoms. The Bertz CT molecular complexity index is 2470. The molecule has 8 fully saturated rings. The van der Waals surface area contributed by atoms with E-state index in [1.54, 1.807) is 6.92 Å². The molecule has 4 saturated carbocycles. The smallest absolute Gasteiger partial charge is 0.331 e. The molecule has 29 heteroatoms. The number of aliphatic hydroxyl groups is 11. The van der Waals surface area contributed by atoms with Gasteiger partial charge in [0.15, 0.2) is 31.2 Å². The second-order valence-electron chi connectivity index (χ2n) is 28.8. The van der Waals surface area contributed by atoms with Gasteiger partial charge in [0.25, 0.3) is 0 Å². The van der Waals surface area contributed by atoms with Gasteiger partial charge in [-0.15, -0.1) is 0 Å². The van der Waals surface area contributed by atoms with Crippen LogP contribution in [-0.2, 0) is 71.3 Å². The van der Waals surface area contributed by atoms with Crippen LogP contribution in [0.25, 0.3) is 0 Å². The highest BCUT2D eigenvalue weighted by molar-refractivity contribution is 5.86. The molecule has 0 bridgehead atoms. The maximum Gasteiger partial charge on any atom is 0.331 e. The maximum atomic E-state index is 13.8. The van der Waals surface area contributed by atoms with Gasteiger partial charge in [-0.2, -0.15) is 0 Å². The first-order chi connectivity index (χ1) is 44.6. The van der Waals surface area contributed by atoms with Gasteiger partial charge in [-0.1, -0.05) is 60.8 Å². The molecule has 3 amide bonds. The van der Waals surface area contributed by atoms with Crippen LogP contribution in [0.2, 0.25) is 0 Å². The van der Waals surface area contributed by atoms with Crippen LogP contribution >= 0.6 is 0 Å². The molecule has 0 unspecified atom stereocenters. The van der Waals surface area contributed by atoms with Gasteiger partial charge in [0.05, 0.1) is 46.1 Å². The predicted octanol–water partition coefficient (Wildman–Crippen LogP) is -1.19. The van der Waals surface area contributed by atoms with E-state index in [1.807, 2.05) is 0 Å². The van der Waals surface area contributed by atoms with Crippen molar-refractivity contribution in [1.29, 1.82) is 0 Å². The number of hydrogen-bond acceptors (Lipinski definition) is 26. The zero-order valence-corrected chi connectivity index (χ0v) is 55.6. The summed E-state index contributed by atoms with van der Waals surface area (Å²) in [7, 11) is 0. The van der Waals surface area contributed by atoms with Gasteiger partial charge in [-0.05, 0) is 116 Å². The van der Waals surface area contributed by atoms with Gasteiger partial charge in [0, 0.05) is 20.3 Å². The fraction of sp³-hybridized carbons (Fsp3) is 0.923. The van der Waals surface area contributed by atoms with Gasteiger partial charge in [-0.25, -0.2) is 4.79 Å². The minimum absolute atomic E-state index is 0.0804. The van der Waals surface area contributed by atoms with Gasteiger partial charge >= 0.3 is 11.9 Å². The molecule has 8 rings (SSSR count). The number of esters is 2. The zero-order valence-electron chi connectivity index (χ0n) is 55.6. The van der Waals surface area contributed by atoms with Crippen molar-refractivity contribution in [2.45, 2.75) is 287 Å². The van der Waals surface area contributed by atoms with Crippen molar-refractivity contribution in [3.05, 3.63) is 0 Å². The van der Waals surface area contributed by atoms with Crippen molar-refractivity contribution in [2.24, 2.45) is 52.3 Å². The molecule has 4 heterocycles. The highest BCUT2D eigenvalue weighted by Crippen LogP contribution is 2.68. The van der Waals surface area contributed by atoms with Crippen LogP contribution < -0.4 is 16.0 Å². The largest absolute Gasteiger partial charge is 0.464 e. The van der Waals surface area contributed by atoms with E-state index >= 15 is 0 Å². The highest BCUT2D eigenvalue weighted by Gasteiger charge is 2.62. The molecule has 540 valence electrons. The van der Waals surface area contributed by atoms with E-state index < -0.39 is 198 Å². The van der Waals surface area contributed by atoms with E-state index in [-0.39, 0.29) is 24.5 Å². The summed E-state index contributed by atoms with van der Waals surface area (Å²) in [5.41, 5.74) is 0.533. The van der Waals surface area contributed by atoms with E-state index in [4.69, 9.17) is 47.4 Å². The van der Waals surface area contributed by atoms with E-state index in [0.29, 0.717) is 29.6 Å². The minimum Gasteiger partial charge on any atom is -0.464 e. The zero-order chi connectivity index (χ0) is 68.7. The molecule has 0 aromatic rings. The summed E-state index contributed by atoms with van der Waals surface area (Å²) >= 11 is 0. The summed E-state index contributed by atoms with van der Waals surface area (Å²) in [5, 5.41) is 126. The van der Waals surface area contributed by atoms with Crippen LogP contribution in [0.15, 0.2) is 0 Å². The monoisotopic (exact) mass is 1350 g/mol. The Morgan fingerprint density at radius 3 is 1.77 bits per heavy atom. The first kappa shape index (κ1) is 76.3. The minimum atomic E-state index is -2.05. The van der Waals surface area contributed by atoms with Crippen molar-refractivity contribution in [1.82, 2.24) is 16.0 Å². The lowest BCUT2D eigenvalue weighted by Gasteiger charge is -2.61. The van der Waals surface area contributed by atoms with Crippen LogP contribution in [0.1, 0.15) is 152 Å². The van der Waals surface area contributed by atoms with Crippen LogP contribution in [0.4, 0.5) is 0 Å². The second-order valence-corrected chi connectivity index (χ2v) is 28.8. The normalized spacial score (nSPS) is 42.9. The number of ether oxygens (including phenoxy) is 10. The molecule has 4 aliphatic heterocycles.